The zero-order chi connectivity index (χ0) is 17.8. The molecule has 1 aromatic carbocycles. The quantitative estimate of drug-likeness (QED) is 0.856. The Morgan fingerprint density at radius 1 is 1.12 bits per heavy atom. The molecular formula is C19H24N4O2. The van der Waals surface area contributed by atoms with Crippen molar-refractivity contribution in [1.29, 1.82) is 0 Å². The fraction of sp³-hybridized carbons (Fsp3) is 0.421. The Kier molecular flexibility index (Phi) is 5.16. The van der Waals surface area contributed by atoms with Crippen LogP contribution in [0.1, 0.15) is 35.7 Å². The third-order valence-electron chi connectivity index (χ3n) is 4.50. The van der Waals surface area contributed by atoms with Crippen LogP contribution in [-0.4, -0.2) is 54.1 Å². The van der Waals surface area contributed by atoms with E-state index in [-0.39, 0.29) is 5.91 Å². The van der Waals surface area contributed by atoms with Gasteiger partial charge in [-0.2, -0.15) is 0 Å². The maximum absolute atomic E-state index is 12.9. The summed E-state index contributed by atoms with van der Waals surface area (Å²) in [5.74, 6) is 1.92. The van der Waals surface area contributed by atoms with Crippen LogP contribution in [0.3, 0.4) is 0 Å². The molecule has 6 heteroatoms. The van der Waals surface area contributed by atoms with Crippen molar-refractivity contribution in [2.45, 2.75) is 19.8 Å². The Morgan fingerprint density at radius 3 is 2.40 bits per heavy atom. The van der Waals surface area contributed by atoms with Crippen molar-refractivity contribution < 1.29 is 9.53 Å². The van der Waals surface area contributed by atoms with Gasteiger partial charge in [0.05, 0.1) is 7.11 Å². The summed E-state index contributed by atoms with van der Waals surface area (Å²) in [6.07, 6.45) is 3.48. The summed E-state index contributed by atoms with van der Waals surface area (Å²) in [7, 11) is 1.66. The molecule has 0 aliphatic carbocycles. The summed E-state index contributed by atoms with van der Waals surface area (Å²) in [6, 6.07) is 7.49. The van der Waals surface area contributed by atoms with E-state index in [1.165, 1.54) is 0 Å². The van der Waals surface area contributed by atoms with Gasteiger partial charge >= 0.3 is 0 Å². The number of aromatic nitrogens is 2. The summed E-state index contributed by atoms with van der Waals surface area (Å²) in [4.78, 5) is 25.4. The van der Waals surface area contributed by atoms with E-state index in [2.05, 4.69) is 28.7 Å². The number of anilines is 1. The Hall–Kier alpha value is -2.63. The van der Waals surface area contributed by atoms with Gasteiger partial charge in [0.15, 0.2) is 0 Å². The number of carbonyl (C=O) groups is 1. The lowest BCUT2D eigenvalue weighted by Gasteiger charge is -2.34. The highest BCUT2D eigenvalue weighted by Gasteiger charge is 2.24. The Balaban J connectivity index is 1.69. The van der Waals surface area contributed by atoms with Crippen molar-refractivity contribution in [1.82, 2.24) is 14.9 Å². The summed E-state index contributed by atoms with van der Waals surface area (Å²) in [5, 5.41) is 0. The van der Waals surface area contributed by atoms with Crippen LogP contribution in [0.25, 0.3) is 0 Å². The first-order chi connectivity index (χ1) is 12.1. The highest BCUT2D eigenvalue weighted by molar-refractivity contribution is 5.94. The fourth-order valence-corrected chi connectivity index (χ4v) is 3.07. The van der Waals surface area contributed by atoms with Gasteiger partial charge in [0, 0.05) is 44.1 Å². The maximum atomic E-state index is 12.9. The molecule has 132 valence electrons. The van der Waals surface area contributed by atoms with Gasteiger partial charge in [0.1, 0.15) is 5.75 Å². The third-order valence-corrected chi connectivity index (χ3v) is 4.50. The fourth-order valence-electron chi connectivity index (χ4n) is 3.07. The van der Waals surface area contributed by atoms with Gasteiger partial charge < -0.3 is 14.5 Å². The van der Waals surface area contributed by atoms with Crippen LogP contribution in [0.4, 0.5) is 5.95 Å². The molecule has 0 spiro atoms. The average Bonchev–Trinajstić information content (AvgIpc) is 2.67. The molecule has 0 unspecified atom stereocenters. The predicted molar refractivity (Wildman–Crippen MR) is 97.2 cm³/mol. The molecular weight excluding hydrogens is 316 g/mol. The van der Waals surface area contributed by atoms with Crippen LogP contribution >= 0.6 is 0 Å². The van der Waals surface area contributed by atoms with Gasteiger partial charge in [-0.25, -0.2) is 9.97 Å². The Bertz CT molecular complexity index is 725. The molecule has 25 heavy (non-hydrogen) atoms. The molecule has 6 nitrogen and oxygen atoms in total. The number of amides is 1. The first kappa shape index (κ1) is 17.2. The lowest BCUT2D eigenvalue weighted by molar-refractivity contribution is 0.0746. The number of nitrogens with zero attached hydrogens (tertiary/aromatic N) is 4. The second kappa shape index (κ2) is 7.51. The number of carbonyl (C=O) groups excluding carboxylic acids is 1. The molecule has 0 radical (unpaired) electrons. The van der Waals surface area contributed by atoms with Crippen molar-refractivity contribution in [3.05, 3.63) is 47.8 Å². The standard InChI is InChI=1S/C19H24N4O2/c1-14(2)16-13-15(5-6-17(16)25-3)18(24)22-9-11-23(12-10-22)19-20-7-4-8-21-19/h4-8,13-14H,9-12H2,1-3H3. The van der Waals surface area contributed by atoms with Crippen LogP contribution < -0.4 is 9.64 Å². The average molecular weight is 340 g/mol. The molecule has 2 heterocycles. The number of piperazine rings is 1. The number of hydrogen-bond acceptors (Lipinski definition) is 5. The zero-order valence-electron chi connectivity index (χ0n) is 15.0. The van der Waals surface area contributed by atoms with E-state index in [0.717, 1.165) is 30.4 Å². The molecule has 3 rings (SSSR count). The molecule has 1 saturated heterocycles. The van der Waals surface area contributed by atoms with E-state index in [9.17, 15) is 4.79 Å². The smallest absolute Gasteiger partial charge is 0.253 e. The number of ether oxygens (including phenoxy) is 1. The van der Waals surface area contributed by atoms with Gasteiger partial charge in [0.25, 0.3) is 5.91 Å². The normalized spacial score (nSPS) is 14.7. The molecule has 2 aromatic rings. The number of rotatable bonds is 4. The molecule has 0 bridgehead atoms. The largest absolute Gasteiger partial charge is 0.496 e. The maximum Gasteiger partial charge on any atom is 0.253 e. The van der Waals surface area contributed by atoms with E-state index < -0.39 is 0 Å². The van der Waals surface area contributed by atoms with Crippen LogP contribution in [0.2, 0.25) is 0 Å². The number of benzene rings is 1. The minimum absolute atomic E-state index is 0.0678. The highest BCUT2D eigenvalue weighted by atomic mass is 16.5. The molecule has 0 saturated carbocycles. The van der Waals surface area contributed by atoms with Crippen molar-refractivity contribution in [3.63, 3.8) is 0 Å². The van der Waals surface area contributed by atoms with E-state index in [4.69, 9.17) is 4.74 Å². The van der Waals surface area contributed by atoms with Crippen LogP contribution in [0.5, 0.6) is 5.75 Å². The Labute approximate surface area is 148 Å². The molecule has 1 amide bonds. The van der Waals surface area contributed by atoms with Gasteiger partial charge in [-0.15, -0.1) is 0 Å². The van der Waals surface area contributed by atoms with Crippen molar-refractivity contribution >= 4 is 11.9 Å². The predicted octanol–water partition coefficient (Wildman–Crippen LogP) is 2.57. The molecule has 1 aromatic heterocycles. The lowest BCUT2D eigenvalue weighted by Crippen LogP contribution is -2.49. The SMILES string of the molecule is COc1ccc(C(=O)N2CCN(c3ncccn3)CC2)cc1C(C)C. The van der Waals surface area contributed by atoms with Crippen LogP contribution in [0.15, 0.2) is 36.7 Å². The monoisotopic (exact) mass is 340 g/mol. The zero-order valence-corrected chi connectivity index (χ0v) is 15.0. The highest BCUT2D eigenvalue weighted by Crippen LogP contribution is 2.28. The topological polar surface area (TPSA) is 58.6 Å². The summed E-state index contributed by atoms with van der Waals surface area (Å²) >= 11 is 0. The van der Waals surface area contributed by atoms with Crippen LogP contribution in [-0.2, 0) is 0 Å². The molecule has 0 atom stereocenters. The van der Waals surface area contributed by atoms with E-state index >= 15 is 0 Å². The molecule has 1 fully saturated rings. The second-order valence-electron chi connectivity index (χ2n) is 6.44. The minimum atomic E-state index is 0.0678. The lowest BCUT2D eigenvalue weighted by atomic mass is 9.99. The first-order valence-corrected chi connectivity index (χ1v) is 8.59. The van der Waals surface area contributed by atoms with E-state index in [0.29, 0.717) is 24.6 Å². The first-order valence-electron chi connectivity index (χ1n) is 8.59. The minimum Gasteiger partial charge on any atom is -0.496 e. The summed E-state index contributed by atoms with van der Waals surface area (Å²) in [5.41, 5.74) is 1.78. The van der Waals surface area contributed by atoms with Crippen molar-refractivity contribution in [3.8, 4) is 5.75 Å². The molecule has 1 aliphatic rings. The summed E-state index contributed by atoms with van der Waals surface area (Å²) < 4.78 is 5.40. The van der Waals surface area contributed by atoms with Crippen LogP contribution in [0, 0.1) is 0 Å². The van der Waals surface area contributed by atoms with Crippen molar-refractivity contribution in [2.24, 2.45) is 0 Å². The molecule has 1 aliphatic heterocycles. The van der Waals surface area contributed by atoms with Crippen molar-refractivity contribution in [2.75, 3.05) is 38.2 Å². The Morgan fingerprint density at radius 2 is 1.80 bits per heavy atom. The summed E-state index contributed by atoms with van der Waals surface area (Å²) in [6.45, 7) is 7.02. The van der Waals surface area contributed by atoms with Gasteiger partial charge in [-0.1, -0.05) is 13.8 Å². The van der Waals surface area contributed by atoms with E-state index in [1.54, 1.807) is 25.6 Å². The second-order valence-corrected chi connectivity index (χ2v) is 6.44. The molecule has 0 N–H and O–H groups in total. The van der Waals surface area contributed by atoms with Gasteiger partial charge in [-0.3, -0.25) is 4.79 Å². The number of methoxy groups -OCH3 is 1. The number of hydrogen-bond donors (Lipinski definition) is 0. The van der Waals surface area contributed by atoms with Gasteiger partial charge in [-0.05, 0) is 35.7 Å². The third kappa shape index (κ3) is 3.73. The van der Waals surface area contributed by atoms with E-state index in [1.807, 2.05) is 23.1 Å². The van der Waals surface area contributed by atoms with Gasteiger partial charge in [0.2, 0.25) is 5.95 Å².